The first-order valence-corrected chi connectivity index (χ1v) is 4.76. The van der Waals surface area contributed by atoms with Crippen molar-refractivity contribution >= 4 is 5.78 Å². The molecule has 0 fully saturated rings. The third kappa shape index (κ3) is 2.72. The monoisotopic (exact) mass is 180 g/mol. The molecular weight excluding hydrogens is 164 g/mol. The van der Waals surface area contributed by atoms with Crippen molar-refractivity contribution in [2.45, 2.75) is 26.2 Å². The van der Waals surface area contributed by atoms with Crippen molar-refractivity contribution in [3.63, 3.8) is 0 Å². The summed E-state index contributed by atoms with van der Waals surface area (Å²) in [4.78, 5) is 11.4. The Bertz CT molecular complexity index is 228. The Morgan fingerprint density at radius 3 is 3.08 bits per heavy atom. The van der Waals surface area contributed by atoms with E-state index in [1.54, 1.807) is 12.2 Å². The molecule has 1 atom stereocenters. The van der Waals surface area contributed by atoms with Crippen LogP contribution in [0.25, 0.3) is 0 Å². The summed E-state index contributed by atoms with van der Waals surface area (Å²) < 4.78 is 5.32. The minimum Gasteiger partial charge on any atom is -0.494 e. The summed E-state index contributed by atoms with van der Waals surface area (Å²) in [6, 6.07) is 0. The SMILES string of the molecule is C=CCOC1=CC(=O)C(CC)CC1. The molecule has 0 aromatic carbocycles. The Balaban J connectivity index is 2.51. The summed E-state index contributed by atoms with van der Waals surface area (Å²) >= 11 is 0. The fourth-order valence-electron chi connectivity index (χ4n) is 1.49. The Kier molecular flexibility index (Phi) is 3.74. The van der Waals surface area contributed by atoms with Crippen LogP contribution in [0.1, 0.15) is 26.2 Å². The molecule has 1 aliphatic carbocycles. The normalized spacial score (nSPS) is 22.4. The molecule has 0 spiro atoms. The van der Waals surface area contributed by atoms with E-state index in [4.69, 9.17) is 4.74 Å². The van der Waals surface area contributed by atoms with Crippen LogP contribution in [-0.2, 0) is 9.53 Å². The summed E-state index contributed by atoms with van der Waals surface area (Å²) in [5.74, 6) is 1.25. The van der Waals surface area contributed by atoms with Crippen molar-refractivity contribution in [3.8, 4) is 0 Å². The van der Waals surface area contributed by atoms with Crippen LogP contribution in [0.15, 0.2) is 24.5 Å². The Morgan fingerprint density at radius 1 is 1.77 bits per heavy atom. The zero-order chi connectivity index (χ0) is 9.68. The van der Waals surface area contributed by atoms with Gasteiger partial charge in [0.25, 0.3) is 0 Å². The Labute approximate surface area is 79.3 Å². The Morgan fingerprint density at radius 2 is 2.54 bits per heavy atom. The molecule has 1 aliphatic rings. The van der Waals surface area contributed by atoms with E-state index >= 15 is 0 Å². The smallest absolute Gasteiger partial charge is 0.162 e. The topological polar surface area (TPSA) is 26.3 Å². The molecule has 0 saturated carbocycles. The minimum absolute atomic E-state index is 0.216. The first kappa shape index (κ1) is 10.0. The average molecular weight is 180 g/mol. The van der Waals surface area contributed by atoms with Gasteiger partial charge in [0.1, 0.15) is 6.61 Å². The highest BCUT2D eigenvalue weighted by Gasteiger charge is 2.20. The lowest BCUT2D eigenvalue weighted by Crippen LogP contribution is -2.17. The predicted molar refractivity (Wildman–Crippen MR) is 52.3 cm³/mol. The van der Waals surface area contributed by atoms with Crippen LogP contribution < -0.4 is 0 Å². The van der Waals surface area contributed by atoms with Gasteiger partial charge in [0, 0.05) is 18.4 Å². The fraction of sp³-hybridized carbons (Fsp3) is 0.545. The minimum atomic E-state index is 0.216. The van der Waals surface area contributed by atoms with Gasteiger partial charge in [-0.2, -0.15) is 0 Å². The predicted octanol–water partition coefficient (Wildman–Crippen LogP) is 2.46. The number of ketones is 1. The molecule has 2 heteroatoms. The Hall–Kier alpha value is -1.05. The van der Waals surface area contributed by atoms with E-state index in [1.807, 2.05) is 6.92 Å². The molecule has 0 heterocycles. The van der Waals surface area contributed by atoms with E-state index in [-0.39, 0.29) is 11.7 Å². The van der Waals surface area contributed by atoms with Crippen LogP contribution in [0, 0.1) is 5.92 Å². The van der Waals surface area contributed by atoms with Crippen molar-refractivity contribution in [2.75, 3.05) is 6.61 Å². The van der Waals surface area contributed by atoms with E-state index in [0.717, 1.165) is 25.0 Å². The van der Waals surface area contributed by atoms with Gasteiger partial charge in [0.2, 0.25) is 0 Å². The number of rotatable bonds is 4. The summed E-state index contributed by atoms with van der Waals surface area (Å²) in [5.41, 5.74) is 0. The number of ether oxygens (including phenoxy) is 1. The van der Waals surface area contributed by atoms with Crippen molar-refractivity contribution in [2.24, 2.45) is 5.92 Å². The number of carbonyl (C=O) groups excluding carboxylic acids is 1. The molecule has 2 nitrogen and oxygen atoms in total. The van der Waals surface area contributed by atoms with Gasteiger partial charge in [0.05, 0.1) is 5.76 Å². The summed E-state index contributed by atoms with van der Waals surface area (Å²) in [6.45, 7) is 6.10. The molecule has 13 heavy (non-hydrogen) atoms. The van der Waals surface area contributed by atoms with Gasteiger partial charge in [0.15, 0.2) is 5.78 Å². The molecule has 0 aliphatic heterocycles. The molecule has 0 aromatic heterocycles. The summed E-state index contributed by atoms with van der Waals surface area (Å²) in [5, 5.41) is 0. The van der Waals surface area contributed by atoms with Gasteiger partial charge in [-0.15, -0.1) is 0 Å². The average Bonchev–Trinajstić information content (AvgIpc) is 2.15. The van der Waals surface area contributed by atoms with Crippen LogP contribution >= 0.6 is 0 Å². The van der Waals surface area contributed by atoms with Gasteiger partial charge in [-0.3, -0.25) is 4.79 Å². The second-order valence-electron chi connectivity index (χ2n) is 3.26. The fourth-order valence-corrected chi connectivity index (χ4v) is 1.49. The zero-order valence-corrected chi connectivity index (χ0v) is 8.08. The highest BCUT2D eigenvalue weighted by molar-refractivity contribution is 5.92. The van der Waals surface area contributed by atoms with E-state index in [1.165, 1.54) is 0 Å². The third-order valence-corrected chi connectivity index (χ3v) is 2.32. The standard InChI is InChI=1S/C11H16O2/c1-3-7-13-10-6-5-9(4-2)11(12)8-10/h3,8-9H,1,4-7H2,2H3. The lowest BCUT2D eigenvalue weighted by Gasteiger charge is -2.19. The largest absolute Gasteiger partial charge is 0.494 e. The van der Waals surface area contributed by atoms with Crippen LogP contribution in [0.3, 0.4) is 0 Å². The van der Waals surface area contributed by atoms with E-state index < -0.39 is 0 Å². The van der Waals surface area contributed by atoms with Crippen LogP contribution in [0.5, 0.6) is 0 Å². The maximum absolute atomic E-state index is 11.4. The highest BCUT2D eigenvalue weighted by atomic mass is 16.5. The van der Waals surface area contributed by atoms with Crippen LogP contribution in [-0.4, -0.2) is 12.4 Å². The molecule has 0 radical (unpaired) electrons. The van der Waals surface area contributed by atoms with Gasteiger partial charge in [-0.05, 0) is 12.8 Å². The summed E-state index contributed by atoms with van der Waals surface area (Å²) in [7, 11) is 0. The van der Waals surface area contributed by atoms with E-state index in [9.17, 15) is 4.79 Å². The molecule has 0 saturated heterocycles. The lowest BCUT2D eigenvalue weighted by molar-refractivity contribution is -0.119. The quantitative estimate of drug-likeness (QED) is 0.621. The number of carbonyl (C=O) groups is 1. The van der Waals surface area contributed by atoms with Crippen molar-refractivity contribution in [1.29, 1.82) is 0 Å². The highest BCUT2D eigenvalue weighted by Crippen LogP contribution is 2.23. The molecule has 72 valence electrons. The van der Waals surface area contributed by atoms with Gasteiger partial charge >= 0.3 is 0 Å². The number of allylic oxidation sites excluding steroid dienone is 2. The second-order valence-corrected chi connectivity index (χ2v) is 3.26. The van der Waals surface area contributed by atoms with Gasteiger partial charge in [-0.1, -0.05) is 19.6 Å². The van der Waals surface area contributed by atoms with Gasteiger partial charge < -0.3 is 4.74 Å². The molecule has 0 bridgehead atoms. The van der Waals surface area contributed by atoms with Crippen molar-refractivity contribution in [3.05, 3.63) is 24.5 Å². The molecular formula is C11H16O2. The van der Waals surface area contributed by atoms with E-state index in [2.05, 4.69) is 6.58 Å². The molecule has 0 amide bonds. The first-order chi connectivity index (χ1) is 6.27. The summed E-state index contributed by atoms with van der Waals surface area (Å²) in [6.07, 6.45) is 6.08. The van der Waals surface area contributed by atoms with Crippen molar-refractivity contribution in [1.82, 2.24) is 0 Å². The molecule has 0 aromatic rings. The van der Waals surface area contributed by atoms with Gasteiger partial charge in [-0.25, -0.2) is 0 Å². The number of hydrogen-bond acceptors (Lipinski definition) is 2. The molecule has 0 N–H and O–H groups in total. The molecule has 1 unspecified atom stereocenters. The first-order valence-electron chi connectivity index (χ1n) is 4.76. The molecule has 1 rings (SSSR count). The zero-order valence-electron chi connectivity index (χ0n) is 8.08. The second kappa shape index (κ2) is 4.85. The van der Waals surface area contributed by atoms with E-state index in [0.29, 0.717) is 6.61 Å². The maximum Gasteiger partial charge on any atom is 0.162 e. The van der Waals surface area contributed by atoms with Crippen LogP contribution in [0.4, 0.5) is 0 Å². The van der Waals surface area contributed by atoms with Crippen molar-refractivity contribution < 1.29 is 9.53 Å². The third-order valence-electron chi connectivity index (χ3n) is 2.32. The lowest BCUT2D eigenvalue weighted by atomic mass is 9.90. The number of hydrogen-bond donors (Lipinski definition) is 0. The van der Waals surface area contributed by atoms with Crippen LogP contribution in [0.2, 0.25) is 0 Å². The maximum atomic E-state index is 11.4.